The van der Waals surface area contributed by atoms with Gasteiger partial charge in [0.05, 0.1) is 0 Å². The predicted molar refractivity (Wildman–Crippen MR) is 242 cm³/mol. The fraction of sp³-hybridized carbons (Fsp3) is 0.875. The Hall–Kier alpha value is -2.42. The van der Waals surface area contributed by atoms with Crippen molar-refractivity contribution in [3.63, 3.8) is 0 Å². The standard InChI is InChI=1S/C48H89N3O6/c1-8-12-15-19-26-34-42(33-25-16-13-9-2)57-44(53)36-28-21-18-23-30-39-51(40-31-37-50(7)46-45(49(5)6)47(54)48(46)55)38-29-22-17-20-27-35-43(52)56-41(11-4)32-24-14-10-3/h41-42H,8-40H2,1-7H3. The first kappa shape index (κ1) is 52.6. The van der Waals surface area contributed by atoms with Gasteiger partial charge in [-0.1, -0.05) is 124 Å². The lowest BCUT2D eigenvalue weighted by molar-refractivity contribution is -0.150. The second-order valence-corrected chi connectivity index (χ2v) is 17.1. The highest BCUT2D eigenvalue weighted by Crippen LogP contribution is 2.22. The molecule has 0 N–H and O–H groups in total. The molecule has 9 nitrogen and oxygen atoms in total. The zero-order valence-electron chi connectivity index (χ0n) is 38.3. The lowest BCUT2D eigenvalue weighted by atomic mass is 10.0. The zero-order chi connectivity index (χ0) is 42.1. The van der Waals surface area contributed by atoms with E-state index in [0.717, 1.165) is 142 Å². The third kappa shape index (κ3) is 25.0. The Morgan fingerprint density at radius 3 is 1.37 bits per heavy atom. The fourth-order valence-corrected chi connectivity index (χ4v) is 7.88. The third-order valence-electron chi connectivity index (χ3n) is 11.6. The van der Waals surface area contributed by atoms with Crippen LogP contribution < -0.4 is 20.7 Å². The molecule has 1 aromatic rings. The molecule has 0 aliphatic heterocycles. The highest BCUT2D eigenvalue weighted by atomic mass is 16.5. The van der Waals surface area contributed by atoms with E-state index in [-0.39, 0.29) is 35.0 Å². The summed E-state index contributed by atoms with van der Waals surface area (Å²) in [6.07, 6.45) is 31.3. The van der Waals surface area contributed by atoms with Crippen LogP contribution in [-0.2, 0) is 19.1 Å². The predicted octanol–water partition coefficient (Wildman–Crippen LogP) is 11.3. The van der Waals surface area contributed by atoms with Crippen molar-refractivity contribution in [2.75, 3.05) is 57.1 Å². The summed E-state index contributed by atoms with van der Waals surface area (Å²) >= 11 is 0. The van der Waals surface area contributed by atoms with Crippen LogP contribution in [0.5, 0.6) is 0 Å². The van der Waals surface area contributed by atoms with Gasteiger partial charge in [0, 0.05) is 40.5 Å². The van der Waals surface area contributed by atoms with Crippen LogP contribution >= 0.6 is 0 Å². The van der Waals surface area contributed by atoms with Gasteiger partial charge in [-0.15, -0.1) is 0 Å². The second kappa shape index (κ2) is 34.4. The molecule has 1 rings (SSSR count). The maximum Gasteiger partial charge on any atom is 0.306 e. The SMILES string of the molecule is CCCCCCCC(CCCCCC)OC(=O)CCCCCCCN(CCCCCCCC(=O)OC(CC)CCCCC)CCCN(C)c1c(N(C)C)c(=O)c1=O. The maximum atomic E-state index is 12.8. The molecule has 1 aromatic carbocycles. The number of rotatable bonds is 40. The molecule has 0 amide bonds. The molecule has 9 heteroatoms. The van der Waals surface area contributed by atoms with E-state index in [0.29, 0.717) is 24.2 Å². The van der Waals surface area contributed by atoms with Crippen LogP contribution in [0, 0.1) is 0 Å². The molecule has 0 radical (unpaired) electrons. The molecule has 0 saturated heterocycles. The maximum absolute atomic E-state index is 12.8. The largest absolute Gasteiger partial charge is 0.462 e. The lowest BCUT2D eigenvalue weighted by Crippen LogP contribution is -2.44. The van der Waals surface area contributed by atoms with E-state index in [1.807, 2.05) is 26.0 Å². The monoisotopic (exact) mass is 804 g/mol. The van der Waals surface area contributed by atoms with Crippen LogP contribution in [-0.4, -0.2) is 76.4 Å². The average molecular weight is 804 g/mol. The van der Waals surface area contributed by atoms with E-state index in [1.165, 1.54) is 57.8 Å². The van der Waals surface area contributed by atoms with Gasteiger partial charge in [0.25, 0.3) is 10.9 Å². The van der Waals surface area contributed by atoms with Crippen molar-refractivity contribution in [1.82, 2.24) is 4.90 Å². The molecule has 0 aromatic heterocycles. The Kier molecular flexibility index (Phi) is 31.8. The summed E-state index contributed by atoms with van der Waals surface area (Å²) in [5.41, 5.74) is 0.283. The highest BCUT2D eigenvalue weighted by molar-refractivity contribution is 5.75. The summed E-state index contributed by atoms with van der Waals surface area (Å²) in [5, 5.41) is 0. The smallest absolute Gasteiger partial charge is 0.306 e. The van der Waals surface area contributed by atoms with Gasteiger partial charge in [-0.05, 0) is 96.7 Å². The van der Waals surface area contributed by atoms with Gasteiger partial charge in [0.15, 0.2) is 0 Å². The van der Waals surface area contributed by atoms with Crippen LogP contribution in [0.2, 0.25) is 0 Å². The molecule has 0 heterocycles. The molecular weight excluding hydrogens is 715 g/mol. The average Bonchev–Trinajstić information content (AvgIpc) is 3.19. The molecule has 2 atom stereocenters. The normalized spacial score (nSPS) is 12.6. The van der Waals surface area contributed by atoms with Crippen molar-refractivity contribution in [2.24, 2.45) is 0 Å². The van der Waals surface area contributed by atoms with E-state index in [2.05, 4.69) is 32.6 Å². The van der Waals surface area contributed by atoms with Crippen molar-refractivity contribution in [1.29, 1.82) is 0 Å². The summed E-state index contributed by atoms with van der Waals surface area (Å²) < 4.78 is 11.7. The van der Waals surface area contributed by atoms with Gasteiger partial charge >= 0.3 is 11.9 Å². The lowest BCUT2D eigenvalue weighted by Gasteiger charge is -2.28. The number of carbonyl (C=O) groups is 2. The van der Waals surface area contributed by atoms with Crippen LogP contribution in [0.25, 0.3) is 0 Å². The van der Waals surface area contributed by atoms with Gasteiger partial charge in [0.1, 0.15) is 23.6 Å². The number of unbranched alkanes of at least 4 members (excludes halogenated alkanes) is 17. The molecule has 2 unspecified atom stereocenters. The first-order valence-corrected chi connectivity index (χ1v) is 23.9. The minimum atomic E-state index is -0.389. The first-order chi connectivity index (χ1) is 27.6. The fourth-order valence-electron chi connectivity index (χ4n) is 7.88. The second-order valence-electron chi connectivity index (χ2n) is 17.1. The first-order valence-electron chi connectivity index (χ1n) is 23.9. The molecule has 0 aliphatic carbocycles. The Labute approximate surface area is 350 Å². The molecule has 57 heavy (non-hydrogen) atoms. The minimum Gasteiger partial charge on any atom is -0.462 e. The highest BCUT2D eigenvalue weighted by Gasteiger charge is 2.25. The van der Waals surface area contributed by atoms with Crippen LogP contribution in [0.1, 0.15) is 214 Å². The van der Waals surface area contributed by atoms with Crippen LogP contribution in [0.3, 0.4) is 0 Å². The Balaban J connectivity index is 2.48. The van der Waals surface area contributed by atoms with E-state index in [9.17, 15) is 19.2 Å². The molecule has 0 spiro atoms. The Bertz CT molecular complexity index is 1210. The minimum absolute atomic E-state index is 0.00973. The number of hydrogen-bond donors (Lipinski definition) is 0. The molecule has 332 valence electrons. The van der Waals surface area contributed by atoms with Crippen molar-refractivity contribution in [3.8, 4) is 0 Å². The topological polar surface area (TPSA) is 96.5 Å². The molecule has 0 bridgehead atoms. The third-order valence-corrected chi connectivity index (χ3v) is 11.6. The quantitative estimate of drug-likeness (QED) is 0.0365. The summed E-state index contributed by atoms with van der Waals surface area (Å²) in [6, 6.07) is 0. The number of carbonyl (C=O) groups excluding carboxylic acids is 2. The van der Waals surface area contributed by atoms with Gasteiger partial charge in [0.2, 0.25) is 0 Å². The molecule has 0 fully saturated rings. The van der Waals surface area contributed by atoms with Crippen molar-refractivity contribution in [2.45, 2.75) is 226 Å². The van der Waals surface area contributed by atoms with Crippen molar-refractivity contribution in [3.05, 3.63) is 20.4 Å². The van der Waals surface area contributed by atoms with E-state index in [4.69, 9.17) is 9.47 Å². The summed E-state index contributed by atoms with van der Waals surface area (Å²) in [5.74, 6) is -0.0503. The zero-order valence-corrected chi connectivity index (χ0v) is 38.3. The Morgan fingerprint density at radius 2 is 0.842 bits per heavy atom. The number of esters is 2. The van der Waals surface area contributed by atoms with Crippen LogP contribution in [0.15, 0.2) is 9.59 Å². The van der Waals surface area contributed by atoms with Crippen LogP contribution in [0.4, 0.5) is 11.4 Å². The number of anilines is 2. The summed E-state index contributed by atoms with van der Waals surface area (Å²) in [7, 11) is 5.54. The van der Waals surface area contributed by atoms with Crippen molar-refractivity contribution >= 4 is 23.3 Å². The van der Waals surface area contributed by atoms with Gasteiger partial charge in [-0.25, -0.2) is 0 Å². The number of ether oxygens (including phenoxy) is 2. The Morgan fingerprint density at radius 1 is 0.456 bits per heavy atom. The molecular formula is C48H89N3O6. The van der Waals surface area contributed by atoms with Gasteiger partial charge in [-0.3, -0.25) is 19.2 Å². The van der Waals surface area contributed by atoms with Gasteiger partial charge < -0.3 is 24.2 Å². The van der Waals surface area contributed by atoms with E-state index < -0.39 is 0 Å². The molecule has 0 saturated carbocycles. The number of hydrogen-bond acceptors (Lipinski definition) is 9. The van der Waals surface area contributed by atoms with E-state index in [1.54, 1.807) is 4.90 Å². The van der Waals surface area contributed by atoms with E-state index >= 15 is 0 Å². The van der Waals surface area contributed by atoms with Crippen molar-refractivity contribution < 1.29 is 19.1 Å². The van der Waals surface area contributed by atoms with Gasteiger partial charge in [-0.2, -0.15) is 0 Å². The molecule has 0 aliphatic rings. The summed E-state index contributed by atoms with van der Waals surface area (Å²) in [6.45, 7) is 12.5. The summed E-state index contributed by atoms with van der Waals surface area (Å²) in [4.78, 5) is 55.8. The number of nitrogens with zero attached hydrogens (tertiary/aromatic N) is 3.